The van der Waals surface area contributed by atoms with E-state index in [1.165, 1.54) is 8.61 Å². The Morgan fingerprint density at radius 3 is 2.04 bits per heavy atom. The van der Waals surface area contributed by atoms with Crippen LogP contribution in [0.3, 0.4) is 0 Å². The van der Waals surface area contributed by atoms with Crippen molar-refractivity contribution in [3.05, 3.63) is 0 Å². The minimum Gasteiger partial charge on any atom is -0.383 e. The molecule has 0 radical (unpaired) electrons. The average Bonchev–Trinajstić information content (AvgIpc) is 3.19. The molecular formula is C15H30N2O6S2. The predicted octanol–water partition coefficient (Wildman–Crippen LogP) is 0.112. The van der Waals surface area contributed by atoms with Crippen LogP contribution in [0.25, 0.3) is 0 Å². The molecule has 0 bridgehead atoms. The minimum atomic E-state index is -3.36. The molecule has 4 atom stereocenters. The number of hydrogen-bond donors (Lipinski definition) is 0. The Labute approximate surface area is 151 Å². The summed E-state index contributed by atoms with van der Waals surface area (Å²) in [7, 11) is -3.58. The second-order valence-electron chi connectivity index (χ2n) is 6.71. The summed E-state index contributed by atoms with van der Waals surface area (Å²) < 4.78 is 63.4. The van der Waals surface area contributed by atoms with Crippen molar-refractivity contribution in [2.24, 2.45) is 5.92 Å². The quantitative estimate of drug-likeness (QED) is 0.576. The third-order valence-corrected chi connectivity index (χ3v) is 9.09. The Hall–Kier alpha value is -0.260. The standard InChI is InChI=1S/C15H30N2O6S2/c1-5-24(18,19)16-9-12(7-13(16)11-22-3)15-8-14(23-4)10-17(15)25(20,21)6-2/h12-15H,5-11H2,1-4H3. The first kappa shape index (κ1) is 21.0. The Morgan fingerprint density at radius 1 is 0.920 bits per heavy atom. The van der Waals surface area contributed by atoms with Crippen molar-refractivity contribution < 1.29 is 26.3 Å². The van der Waals surface area contributed by atoms with E-state index in [1.807, 2.05) is 0 Å². The van der Waals surface area contributed by atoms with Gasteiger partial charge < -0.3 is 9.47 Å². The van der Waals surface area contributed by atoms with Crippen LogP contribution in [0.1, 0.15) is 26.7 Å². The van der Waals surface area contributed by atoms with Gasteiger partial charge in [-0.2, -0.15) is 8.61 Å². The van der Waals surface area contributed by atoms with Gasteiger partial charge in [0.25, 0.3) is 0 Å². The average molecular weight is 399 g/mol. The zero-order valence-electron chi connectivity index (χ0n) is 15.4. The van der Waals surface area contributed by atoms with E-state index in [-0.39, 0.29) is 35.6 Å². The van der Waals surface area contributed by atoms with Crippen LogP contribution in [-0.4, -0.2) is 89.1 Å². The van der Waals surface area contributed by atoms with Crippen molar-refractivity contribution in [1.82, 2.24) is 8.61 Å². The summed E-state index contributed by atoms with van der Waals surface area (Å²) >= 11 is 0. The van der Waals surface area contributed by atoms with Crippen molar-refractivity contribution in [2.45, 2.75) is 44.9 Å². The summed E-state index contributed by atoms with van der Waals surface area (Å²) in [6.07, 6.45) is 1.05. The number of hydrogen-bond acceptors (Lipinski definition) is 6. The summed E-state index contributed by atoms with van der Waals surface area (Å²) in [6.45, 7) is 4.24. The largest absolute Gasteiger partial charge is 0.383 e. The first-order chi connectivity index (χ1) is 11.7. The number of sulfonamides is 2. The van der Waals surface area contributed by atoms with Gasteiger partial charge in [-0.15, -0.1) is 0 Å². The number of methoxy groups -OCH3 is 2. The van der Waals surface area contributed by atoms with E-state index in [0.29, 0.717) is 32.5 Å². The van der Waals surface area contributed by atoms with Gasteiger partial charge in [-0.1, -0.05) is 0 Å². The molecule has 4 unspecified atom stereocenters. The number of ether oxygens (including phenoxy) is 2. The van der Waals surface area contributed by atoms with Crippen molar-refractivity contribution in [2.75, 3.05) is 45.4 Å². The highest BCUT2D eigenvalue weighted by Gasteiger charge is 2.48. The second kappa shape index (κ2) is 8.18. The zero-order chi connectivity index (χ0) is 18.8. The van der Waals surface area contributed by atoms with Crippen molar-refractivity contribution in [1.29, 1.82) is 0 Å². The van der Waals surface area contributed by atoms with Crippen molar-refractivity contribution in [3.63, 3.8) is 0 Å². The number of nitrogens with zero attached hydrogens (tertiary/aromatic N) is 2. The highest BCUT2D eigenvalue weighted by atomic mass is 32.2. The van der Waals surface area contributed by atoms with E-state index in [4.69, 9.17) is 9.47 Å². The maximum absolute atomic E-state index is 12.5. The molecule has 2 heterocycles. The van der Waals surface area contributed by atoms with E-state index < -0.39 is 20.0 Å². The molecule has 0 spiro atoms. The molecule has 0 aromatic rings. The predicted molar refractivity (Wildman–Crippen MR) is 95.3 cm³/mol. The molecular weight excluding hydrogens is 368 g/mol. The van der Waals surface area contributed by atoms with Gasteiger partial charge in [0.2, 0.25) is 20.0 Å². The van der Waals surface area contributed by atoms with E-state index in [2.05, 4.69) is 0 Å². The SMILES string of the molecule is CCS(=O)(=O)N1CC(C2CC(OC)CN2S(=O)(=O)CC)CC1COC. The lowest BCUT2D eigenvalue weighted by molar-refractivity contribution is 0.113. The molecule has 0 amide bonds. The Bertz CT molecular complexity index is 651. The van der Waals surface area contributed by atoms with Crippen LogP contribution in [0.15, 0.2) is 0 Å². The molecule has 0 aliphatic carbocycles. The third kappa shape index (κ3) is 4.36. The van der Waals surface area contributed by atoms with E-state index in [9.17, 15) is 16.8 Å². The molecule has 8 nitrogen and oxygen atoms in total. The van der Waals surface area contributed by atoms with Crippen LogP contribution in [0.2, 0.25) is 0 Å². The van der Waals surface area contributed by atoms with Crippen molar-refractivity contribution >= 4 is 20.0 Å². The highest BCUT2D eigenvalue weighted by molar-refractivity contribution is 7.89. The van der Waals surface area contributed by atoms with Crippen LogP contribution in [-0.2, 0) is 29.5 Å². The minimum absolute atomic E-state index is 0.0300. The maximum Gasteiger partial charge on any atom is 0.214 e. The molecule has 0 aromatic heterocycles. The molecule has 25 heavy (non-hydrogen) atoms. The van der Waals surface area contributed by atoms with E-state index in [0.717, 1.165) is 0 Å². The monoisotopic (exact) mass is 398 g/mol. The van der Waals surface area contributed by atoms with E-state index in [1.54, 1.807) is 28.1 Å². The fourth-order valence-corrected chi connectivity index (χ4v) is 6.68. The smallest absolute Gasteiger partial charge is 0.214 e. The summed E-state index contributed by atoms with van der Waals surface area (Å²) in [4.78, 5) is 0. The summed E-state index contributed by atoms with van der Waals surface area (Å²) in [5.74, 6) is 0.0101. The van der Waals surface area contributed by atoms with E-state index >= 15 is 0 Å². The lowest BCUT2D eigenvalue weighted by atomic mass is 9.95. The Balaban J connectivity index is 2.27. The van der Waals surface area contributed by atoms with Gasteiger partial charge in [-0.05, 0) is 32.6 Å². The molecule has 148 valence electrons. The zero-order valence-corrected chi connectivity index (χ0v) is 17.1. The summed E-state index contributed by atoms with van der Waals surface area (Å²) in [5.41, 5.74) is 0. The first-order valence-corrected chi connectivity index (χ1v) is 11.9. The topological polar surface area (TPSA) is 93.2 Å². The van der Waals surface area contributed by atoms with Crippen LogP contribution >= 0.6 is 0 Å². The summed E-state index contributed by atoms with van der Waals surface area (Å²) in [5, 5.41) is 0. The highest BCUT2D eigenvalue weighted by Crippen LogP contribution is 2.37. The maximum atomic E-state index is 12.5. The summed E-state index contributed by atoms with van der Waals surface area (Å²) in [6, 6.07) is -0.473. The van der Waals surface area contributed by atoms with Crippen molar-refractivity contribution in [3.8, 4) is 0 Å². The van der Waals surface area contributed by atoms with Gasteiger partial charge in [0, 0.05) is 39.4 Å². The van der Waals surface area contributed by atoms with Crippen LogP contribution < -0.4 is 0 Å². The Kier molecular flexibility index (Phi) is 6.89. The molecule has 2 rings (SSSR count). The first-order valence-electron chi connectivity index (χ1n) is 8.70. The fraction of sp³-hybridized carbons (Fsp3) is 1.00. The molecule has 0 saturated carbocycles. The van der Waals surface area contributed by atoms with Crippen LogP contribution in [0, 0.1) is 5.92 Å². The van der Waals surface area contributed by atoms with Gasteiger partial charge in [0.05, 0.1) is 24.2 Å². The molecule has 2 aliphatic rings. The Morgan fingerprint density at radius 2 is 1.52 bits per heavy atom. The third-order valence-electron chi connectivity index (χ3n) is 5.34. The number of rotatable bonds is 8. The van der Waals surface area contributed by atoms with Gasteiger partial charge >= 0.3 is 0 Å². The second-order valence-corrected chi connectivity index (χ2v) is 11.1. The normalized spacial score (nSPS) is 32.5. The molecule has 2 fully saturated rings. The lowest BCUT2D eigenvalue weighted by Crippen LogP contribution is -2.42. The molecule has 2 aliphatic heterocycles. The molecule has 0 aromatic carbocycles. The fourth-order valence-electron chi connectivity index (χ4n) is 3.93. The van der Waals surface area contributed by atoms with Gasteiger partial charge in [-0.25, -0.2) is 16.8 Å². The van der Waals surface area contributed by atoms with Gasteiger partial charge in [0.15, 0.2) is 0 Å². The lowest BCUT2D eigenvalue weighted by Gasteiger charge is -2.28. The molecule has 10 heteroatoms. The van der Waals surface area contributed by atoms with Gasteiger partial charge in [-0.3, -0.25) is 0 Å². The van der Waals surface area contributed by atoms with Crippen LogP contribution in [0.5, 0.6) is 0 Å². The van der Waals surface area contributed by atoms with Crippen LogP contribution in [0.4, 0.5) is 0 Å². The molecule has 0 N–H and O–H groups in total. The van der Waals surface area contributed by atoms with Gasteiger partial charge in [0.1, 0.15) is 0 Å². The molecule has 2 saturated heterocycles.